The molecule has 2 rings (SSSR count). The highest BCUT2D eigenvalue weighted by molar-refractivity contribution is 6.04. The molecule has 108 valence electrons. The van der Waals surface area contributed by atoms with E-state index < -0.39 is 17.8 Å². The molecule has 0 aliphatic heterocycles. The van der Waals surface area contributed by atoms with Gasteiger partial charge in [0.05, 0.1) is 0 Å². The minimum atomic E-state index is -0.878. The zero-order chi connectivity index (χ0) is 15.2. The van der Waals surface area contributed by atoms with Crippen molar-refractivity contribution in [1.29, 1.82) is 0 Å². The predicted molar refractivity (Wildman–Crippen MR) is 74.5 cm³/mol. The van der Waals surface area contributed by atoms with Crippen LogP contribution < -0.4 is 5.32 Å². The minimum Gasteiger partial charge on any atom is -0.481 e. The van der Waals surface area contributed by atoms with E-state index in [1.165, 1.54) is 12.3 Å². The first-order valence-corrected chi connectivity index (χ1v) is 6.28. The fourth-order valence-electron chi connectivity index (χ4n) is 1.80. The minimum absolute atomic E-state index is 0.0208. The van der Waals surface area contributed by atoms with Gasteiger partial charge in [-0.15, -0.1) is 0 Å². The van der Waals surface area contributed by atoms with Crippen molar-refractivity contribution in [2.75, 3.05) is 5.32 Å². The van der Waals surface area contributed by atoms with E-state index in [-0.39, 0.29) is 12.0 Å². The second-order valence-corrected chi connectivity index (χ2v) is 4.42. The van der Waals surface area contributed by atoms with E-state index in [4.69, 9.17) is 5.11 Å². The van der Waals surface area contributed by atoms with E-state index in [1.807, 2.05) is 0 Å². The molecular weight excluding hydrogens is 275 g/mol. The van der Waals surface area contributed by atoms with Crippen LogP contribution in [0.15, 0.2) is 42.6 Å². The molecule has 1 aromatic heterocycles. The Kier molecular flexibility index (Phi) is 4.61. The molecule has 1 heterocycles. The van der Waals surface area contributed by atoms with Crippen molar-refractivity contribution < 1.29 is 19.1 Å². The maximum Gasteiger partial charge on any atom is 0.303 e. The summed E-state index contributed by atoms with van der Waals surface area (Å²) in [7, 11) is 0. The summed E-state index contributed by atoms with van der Waals surface area (Å²) in [6.07, 6.45) is 1.61. The van der Waals surface area contributed by atoms with Gasteiger partial charge in [0.1, 0.15) is 0 Å². The Morgan fingerprint density at radius 1 is 1.24 bits per heavy atom. The first-order chi connectivity index (χ1) is 10.0. The summed E-state index contributed by atoms with van der Waals surface area (Å²) in [4.78, 5) is 25.9. The summed E-state index contributed by atoms with van der Waals surface area (Å²) in [5, 5.41) is 11.3. The van der Waals surface area contributed by atoms with Crippen LogP contribution in [0.25, 0.3) is 0 Å². The quantitative estimate of drug-likeness (QED) is 0.828. The van der Waals surface area contributed by atoms with Crippen molar-refractivity contribution >= 4 is 17.6 Å². The number of amides is 1. The number of nitrogens with one attached hydrogen (secondary N) is 1. The highest BCUT2D eigenvalue weighted by atomic mass is 19.1. The number of aryl methyl sites for hydroxylation is 1. The molecule has 0 bridgehead atoms. The van der Waals surface area contributed by atoms with Crippen LogP contribution in [0, 0.1) is 5.95 Å². The number of carbonyl (C=O) groups excluding carboxylic acids is 1. The molecule has 0 saturated heterocycles. The smallest absolute Gasteiger partial charge is 0.303 e. The molecule has 6 heteroatoms. The van der Waals surface area contributed by atoms with Crippen LogP contribution in [0.4, 0.5) is 10.1 Å². The van der Waals surface area contributed by atoms with Crippen LogP contribution in [-0.4, -0.2) is 22.0 Å². The van der Waals surface area contributed by atoms with Crippen molar-refractivity contribution in [3.8, 4) is 0 Å². The number of aromatic nitrogens is 1. The predicted octanol–water partition coefficient (Wildman–Crippen LogP) is 2.49. The maximum absolute atomic E-state index is 13.0. The fourth-order valence-corrected chi connectivity index (χ4v) is 1.80. The van der Waals surface area contributed by atoms with Crippen LogP contribution in [0.3, 0.4) is 0 Å². The molecule has 0 aliphatic rings. The molecule has 0 unspecified atom stereocenters. The maximum atomic E-state index is 13.0. The Bertz CT molecular complexity index is 673. The van der Waals surface area contributed by atoms with Crippen LogP contribution in [0.5, 0.6) is 0 Å². The lowest BCUT2D eigenvalue weighted by Gasteiger charge is -2.07. The summed E-state index contributed by atoms with van der Waals surface area (Å²) in [5.41, 5.74) is 1.50. The number of halogens is 1. The highest BCUT2D eigenvalue weighted by Gasteiger charge is 2.08. The first-order valence-electron chi connectivity index (χ1n) is 6.28. The summed E-state index contributed by atoms with van der Waals surface area (Å²) in [5.74, 6) is -2.05. The van der Waals surface area contributed by atoms with Crippen molar-refractivity contribution in [3.63, 3.8) is 0 Å². The second kappa shape index (κ2) is 6.60. The Morgan fingerprint density at radius 3 is 2.76 bits per heavy atom. The van der Waals surface area contributed by atoms with Gasteiger partial charge in [-0.25, -0.2) is 4.98 Å². The van der Waals surface area contributed by atoms with Gasteiger partial charge < -0.3 is 10.4 Å². The monoisotopic (exact) mass is 288 g/mol. The van der Waals surface area contributed by atoms with Crippen molar-refractivity contribution in [1.82, 2.24) is 4.98 Å². The van der Waals surface area contributed by atoms with Crippen LogP contribution in [-0.2, 0) is 11.2 Å². The van der Waals surface area contributed by atoms with Crippen LogP contribution >= 0.6 is 0 Å². The third-order valence-corrected chi connectivity index (χ3v) is 2.80. The molecule has 1 amide bonds. The topological polar surface area (TPSA) is 79.3 Å². The molecule has 1 aromatic carbocycles. The number of rotatable bonds is 5. The number of hydrogen-bond donors (Lipinski definition) is 2. The molecule has 0 fully saturated rings. The lowest BCUT2D eigenvalue weighted by Crippen LogP contribution is -2.12. The van der Waals surface area contributed by atoms with E-state index in [1.54, 1.807) is 24.3 Å². The zero-order valence-corrected chi connectivity index (χ0v) is 11.0. The summed E-state index contributed by atoms with van der Waals surface area (Å²) >= 11 is 0. The number of hydrogen-bond acceptors (Lipinski definition) is 3. The molecule has 0 atom stereocenters. The summed E-state index contributed by atoms with van der Waals surface area (Å²) in [6, 6.07) is 9.33. The van der Waals surface area contributed by atoms with Crippen molar-refractivity contribution in [3.05, 3.63) is 59.7 Å². The van der Waals surface area contributed by atoms with Gasteiger partial charge in [0, 0.05) is 29.9 Å². The van der Waals surface area contributed by atoms with E-state index in [2.05, 4.69) is 10.3 Å². The van der Waals surface area contributed by atoms with Gasteiger partial charge in [0.15, 0.2) is 0 Å². The molecule has 0 saturated carbocycles. The number of benzene rings is 1. The highest BCUT2D eigenvalue weighted by Crippen LogP contribution is 2.14. The van der Waals surface area contributed by atoms with Gasteiger partial charge in [-0.3, -0.25) is 9.59 Å². The lowest BCUT2D eigenvalue weighted by molar-refractivity contribution is -0.136. The normalized spacial score (nSPS) is 10.1. The van der Waals surface area contributed by atoms with Crippen LogP contribution in [0.2, 0.25) is 0 Å². The molecule has 5 nitrogen and oxygen atoms in total. The second-order valence-electron chi connectivity index (χ2n) is 4.42. The van der Waals surface area contributed by atoms with Gasteiger partial charge in [0.2, 0.25) is 5.95 Å². The Hall–Kier alpha value is -2.76. The average molecular weight is 288 g/mol. The van der Waals surface area contributed by atoms with Crippen molar-refractivity contribution in [2.45, 2.75) is 12.8 Å². The number of pyridine rings is 1. The van der Waals surface area contributed by atoms with Gasteiger partial charge in [-0.1, -0.05) is 12.1 Å². The number of nitrogens with zero attached hydrogens (tertiary/aromatic N) is 1. The molecule has 2 aromatic rings. The van der Waals surface area contributed by atoms with E-state index in [0.717, 1.165) is 11.6 Å². The number of carboxylic acids is 1. The summed E-state index contributed by atoms with van der Waals surface area (Å²) in [6.45, 7) is 0. The third-order valence-electron chi connectivity index (χ3n) is 2.80. The molecule has 0 radical (unpaired) electrons. The zero-order valence-electron chi connectivity index (χ0n) is 11.0. The molecular formula is C15H13FN2O3. The molecule has 0 spiro atoms. The number of carbonyl (C=O) groups is 2. The Labute approximate surface area is 120 Å². The van der Waals surface area contributed by atoms with Gasteiger partial charge >= 0.3 is 5.97 Å². The average Bonchev–Trinajstić information content (AvgIpc) is 2.45. The molecule has 21 heavy (non-hydrogen) atoms. The molecule has 2 N–H and O–H groups in total. The SMILES string of the molecule is O=C(O)CCc1cccc(NC(=O)c2ccnc(F)c2)c1. The summed E-state index contributed by atoms with van der Waals surface area (Å²) < 4.78 is 13.0. The Morgan fingerprint density at radius 2 is 2.05 bits per heavy atom. The molecule has 0 aliphatic carbocycles. The van der Waals surface area contributed by atoms with Crippen LogP contribution in [0.1, 0.15) is 22.3 Å². The van der Waals surface area contributed by atoms with Gasteiger partial charge in [-0.2, -0.15) is 4.39 Å². The van der Waals surface area contributed by atoms with E-state index >= 15 is 0 Å². The largest absolute Gasteiger partial charge is 0.481 e. The number of anilines is 1. The standard InChI is InChI=1S/C15H13FN2O3/c16-13-9-11(6-7-17-13)15(21)18-12-3-1-2-10(8-12)4-5-14(19)20/h1-3,6-9H,4-5H2,(H,18,21)(H,19,20). The van der Waals surface area contributed by atoms with Gasteiger partial charge in [0.25, 0.3) is 5.91 Å². The first kappa shape index (κ1) is 14.6. The number of aliphatic carboxylic acids is 1. The van der Waals surface area contributed by atoms with Gasteiger partial charge in [-0.05, 0) is 30.2 Å². The third kappa shape index (κ3) is 4.38. The fraction of sp³-hybridized carbons (Fsp3) is 0.133. The lowest BCUT2D eigenvalue weighted by atomic mass is 10.1. The number of carboxylic acid groups (broad SMARTS) is 1. The van der Waals surface area contributed by atoms with Crippen molar-refractivity contribution in [2.24, 2.45) is 0 Å². The Balaban J connectivity index is 2.07. The van der Waals surface area contributed by atoms with E-state index in [9.17, 15) is 14.0 Å². The van der Waals surface area contributed by atoms with E-state index in [0.29, 0.717) is 12.1 Å².